The average molecular weight is 476 g/mol. The predicted octanol–water partition coefficient (Wildman–Crippen LogP) is 5.95. The van der Waals surface area contributed by atoms with Crippen molar-refractivity contribution in [2.24, 2.45) is 0 Å². The minimum atomic E-state index is -0.203. The molecular formula is C28H18ClN5O. The summed E-state index contributed by atoms with van der Waals surface area (Å²) in [5.41, 5.74) is 4.54. The van der Waals surface area contributed by atoms with Crippen LogP contribution >= 0.6 is 11.6 Å². The predicted molar refractivity (Wildman–Crippen MR) is 138 cm³/mol. The van der Waals surface area contributed by atoms with Gasteiger partial charge < -0.3 is 0 Å². The number of para-hydroxylation sites is 1. The molecule has 3 heterocycles. The zero-order valence-corrected chi connectivity index (χ0v) is 19.2. The van der Waals surface area contributed by atoms with Crippen molar-refractivity contribution >= 4 is 22.6 Å². The number of halogens is 1. The summed E-state index contributed by atoms with van der Waals surface area (Å²) in [5.74, 6) is 0.501. The topological polar surface area (TPSA) is 65.6 Å². The van der Waals surface area contributed by atoms with Crippen LogP contribution in [0.2, 0.25) is 5.02 Å². The van der Waals surface area contributed by atoms with Crippen LogP contribution in [0.1, 0.15) is 0 Å². The Morgan fingerprint density at radius 1 is 0.714 bits per heavy atom. The summed E-state index contributed by atoms with van der Waals surface area (Å²) >= 11 is 6.12. The fourth-order valence-electron chi connectivity index (χ4n) is 4.05. The molecule has 0 saturated heterocycles. The van der Waals surface area contributed by atoms with Gasteiger partial charge in [-0.2, -0.15) is 0 Å². The van der Waals surface area contributed by atoms with Crippen LogP contribution in [0.15, 0.2) is 114 Å². The minimum absolute atomic E-state index is 0.203. The van der Waals surface area contributed by atoms with Gasteiger partial charge in [-0.05, 0) is 53.6 Å². The van der Waals surface area contributed by atoms with E-state index >= 15 is 0 Å². The molecule has 0 spiro atoms. The van der Waals surface area contributed by atoms with Gasteiger partial charge in [-0.15, -0.1) is 5.10 Å². The molecule has 0 aliphatic heterocycles. The molecule has 0 unspecified atom stereocenters. The zero-order chi connectivity index (χ0) is 23.8. The molecule has 168 valence electrons. The molecule has 0 atom stereocenters. The highest BCUT2D eigenvalue weighted by Gasteiger charge is 2.18. The largest absolute Gasteiger partial charge is 0.269 e. The number of rotatable bonds is 4. The van der Waals surface area contributed by atoms with Gasteiger partial charge in [0, 0.05) is 29.2 Å². The second kappa shape index (κ2) is 8.66. The standard InChI is InChI=1S/C28H18ClN5O/c29-22-12-14-24(15-13-22)34-27(20-10-8-19(9-11-20)21-5-4-16-30-17-21)31-26-25(28(34)35)18-33(32-26)23-6-2-1-3-7-23/h1-18H. The van der Waals surface area contributed by atoms with E-state index in [0.29, 0.717) is 27.6 Å². The molecule has 7 heteroatoms. The Bertz CT molecular complexity index is 1690. The Kier molecular flexibility index (Phi) is 5.20. The fourth-order valence-corrected chi connectivity index (χ4v) is 4.17. The molecule has 0 fully saturated rings. The Hall–Kier alpha value is -4.55. The van der Waals surface area contributed by atoms with Crippen molar-refractivity contribution in [2.75, 3.05) is 0 Å². The van der Waals surface area contributed by atoms with Crippen molar-refractivity contribution in [3.63, 3.8) is 0 Å². The Morgan fingerprint density at radius 3 is 2.17 bits per heavy atom. The van der Waals surface area contributed by atoms with Gasteiger partial charge in [0.05, 0.1) is 11.4 Å². The minimum Gasteiger partial charge on any atom is -0.268 e. The Labute approximate surface area is 205 Å². The van der Waals surface area contributed by atoms with E-state index in [0.717, 1.165) is 22.4 Å². The maximum Gasteiger partial charge on any atom is 0.269 e. The molecule has 6 aromatic rings. The molecule has 0 bridgehead atoms. The lowest BCUT2D eigenvalue weighted by atomic mass is 10.1. The number of nitrogens with zero attached hydrogens (tertiary/aromatic N) is 5. The highest BCUT2D eigenvalue weighted by molar-refractivity contribution is 6.30. The molecule has 6 rings (SSSR count). The smallest absolute Gasteiger partial charge is 0.268 e. The number of aromatic nitrogens is 5. The van der Waals surface area contributed by atoms with Gasteiger partial charge in [0.25, 0.3) is 5.56 Å². The SMILES string of the molecule is O=c1c2cn(-c3ccccc3)nc2nc(-c2ccc(-c3cccnc3)cc2)n1-c1ccc(Cl)cc1. The first-order valence-corrected chi connectivity index (χ1v) is 11.4. The van der Waals surface area contributed by atoms with Crippen molar-refractivity contribution in [1.29, 1.82) is 0 Å². The van der Waals surface area contributed by atoms with Crippen LogP contribution in [0.3, 0.4) is 0 Å². The van der Waals surface area contributed by atoms with E-state index in [-0.39, 0.29) is 5.56 Å². The molecule has 0 radical (unpaired) electrons. The second-order valence-electron chi connectivity index (χ2n) is 8.02. The summed E-state index contributed by atoms with van der Waals surface area (Å²) in [5, 5.41) is 5.63. The third-order valence-electron chi connectivity index (χ3n) is 5.80. The number of fused-ring (bicyclic) bond motifs is 1. The average Bonchev–Trinajstić information content (AvgIpc) is 3.35. The van der Waals surface area contributed by atoms with Gasteiger partial charge in [-0.3, -0.25) is 14.3 Å². The Morgan fingerprint density at radius 2 is 1.46 bits per heavy atom. The molecule has 3 aromatic carbocycles. The molecular weight excluding hydrogens is 458 g/mol. The van der Waals surface area contributed by atoms with Crippen molar-refractivity contribution in [3.8, 4) is 33.9 Å². The van der Waals surface area contributed by atoms with E-state index in [1.807, 2.05) is 85.1 Å². The first kappa shape index (κ1) is 21.0. The van der Waals surface area contributed by atoms with Crippen molar-refractivity contribution in [2.45, 2.75) is 0 Å². The number of hydrogen-bond acceptors (Lipinski definition) is 4. The van der Waals surface area contributed by atoms with Crippen molar-refractivity contribution < 1.29 is 0 Å². The van der Waals surface area contributed by atoms with E-state index in [4.69, 9.17) is 16.6 Å². The van der Waals surface area contributed by atoms with E-state index in [1.165, 1.54) is 0 Å². The van der Waals surface area contributed by atoms with Crippen LogP contribution in [-0.2, 0) is 0 Å². The van der Waals surface area contributed by atoms with E-state index in [2.05, 4.69) is 10.1 Å². The van der Waals surface area contributed by atoms with Crippen LogP contribution in [0, 0.1) is 0 Å². The normalized spacial score (nSPS) is 11.1. The van der Waals surface area contributed by atoms with Crippen LogP contribution in [-0.4, -0.2) is 24.3 Å². The first-order chi connectivity index (χ1) is 17.2. The van der Waals surface area contributed by atoms with Gasteiger partial charge in [0.2, 0.25) is 0 Å². The molecule has 3 aromatic heterocycles. The van der Waals surface area contributed by atoms with Crippen LogP contribution in [0.25, 0.3) is 44.9 Å². The van der Waals surface area contributed by atoms with Gasteiger partial charge in [-0.1, -0.05) is 60.1 Å². The Balaban J connectivity index is 1.56. The number of pyridine rings is 1. The molecule has 0 amide bonds. The monoisotopic (exact) mass is 475 g/mol. The molecule has 6 nitrogen and oxygen atoms in total. The van der Waals surface area contributed by atoms with Crippen molar-refractivity contribution in [3.05, 3.63) is 125 Å². The molecule has 0 aliphatic carbocycles. The van der Waals surface area contributed by atoms with E-state index < -0.39 is 0 Å². The third-order valence-corrected chi connectivity index (χ3v) is 6.05. The zero-order valence-electron chi connectivity index (χ0n) is 18.4. The molecule has 35 heavy (non-hydrogen) atoms. The van der Waals surface area contributed by atoms with Crippen LogP contribution < -0.4 is 5.56 Å². The number of benzene rings is 3. The summed E-state index contributed by atoms with van der Waals surface area (Å²) in [4.78, 5) is 22.8. The summed E-state index contributed by atoms with van der Waals surface area (Å²) in [6.45, 7) is 0. The van der Waals surface area contributed by atoms with Gasteiger partial charge in [0.15, 0.2) is 5.65 Å². The first-order valence-electron chi connectivity index (χ1n) is 11.0. The second-order valence-corrected chi connectivity index (χ2v) is 8.45. The summed E-state index contributed by atoms with van der Waals surface area (Å²) in [6, 6.07) is 28.6. The number of hydrogen-bond donors (Lipinski definition) is 0. The van der Waals surface area contributed by atoms with Gasteiger partial charge in [-0.25, -0.2) is 9.67 Å². The van der Waals surface area contributed by atoms with Crippen molar-refractivity contribution in [1.82, 2.24) is 24.3 Å². The van der Waals surface area contributed by atoms with Crippen LogP contribution in [0.5, 0.6) is 0 Å². The lowest BCUT2D eigenvalue weighted by molar-refractivity contribution is 0.888. The van der Waals surface area contributed by atoms with E-state index in [9.17, 15) is 4.79 Å². The van der Waals surface area contributed by atoms with E-state index in [1.54, 1.807) is 33.8 Å². The summed E-state index contributed by atoms with van der Waals surface area (Å²) in [7, 11) is 0. The summed E-state index contributed by atoms with van der Waals surface area (Å²) < 4.78 is 3.29. The third kappa shape index (κ3) is 3.90. The quantitative estimate of drug-likeness (QED) is 0.316. The lowest BCUT2D eigenvalue weighted by Gasteiger charge is -2.13. The maximum atomic E-state index is 13.8. The van der Waals surface area contributed by atoms with Gasteiger partial charge in [0.1, 0.15) is 11.2 Å². The highest BCUT2D eigenvalue weighted by atomic mass is 35.5. The molecule has 0 saturated carbocycles. The maximum absolute atomic E-state index is 13.8. The fraction of sp³-hybridized carbons (Fsp3) is 0. The molecule has 0 N–H and O–H groups in total. The molecule has 0 aliphatic rings. The lowest BCUT2D eigenvalue weighted by Crippen LogP contribution is -2.21. The van der Waals surface area contributed by atoms with Gasteiger partial charge >= 0.3 is 0 Å². The van der Waals surface area contributed by atoms with Crippen LogP contribution in [0.4, 0.5) is 0 Å². The highest BCUT2D eigenvalue weighted by Crippen LogP contribution is 2.26. The summed E-state index contributed by atoms with van der Waals surface area (Å²) in [6.07, 6.45) is 5.29.